The first-order chi connectivity index (χ1) is 16.9. The molecule has 0 aliphatic rings. The van der Waals surface area contributed by atoms with Gasteiger partial charge in [-0.2, -0.15) is 0 Å². The Kier molecular flexibility index (Phi) is 8.40. The minimum absolute atomic E-state index is 0.224. The fraction of sp³-hybridized carbons (Fsp3) is 0.179. The van der Waals surface area contributed by atoms with Crippen molar-refractivity contribution < 1.29 is 9.90 Å². The minimum Gasteiger partial charge on any atom is -0.483 e. The second kappa shape index (κ2) is 11.7. The normalized spacial score (nSPS) is 10.3. The molecule has 1 N–H and O–H groups in total. The Hall–Kier alpha value is -4.39. The summed E-state index contributed by atoms with van der Waals surface area (Å²) in [5.74, 6) is 0. The quantitative estimate of drug-likeness (QED) is 0.395. The van der Waals surface area contributed by atoms with Crippen LogP contribution in [-0.2, 0) is 24.9 Å². The van der Waals surface area contributed by atoms with E-state index >= 15 is 0 Å². The lowest BCUT2D eigenvalue weighted by Crippen LogP contribution is -2.39. The molecule has 0 aliphatic carbocycles. The molecular weight excluding hydrogens is 442 g/mol. The van der Waals surface area contributed by atoms with Crippen molar-refractivity contribution in [2.24, 2.45) is 7.05 Å². The molecule has 0 unspecified atom stereocenters. The van der Waals surface area contributed by atoms with Crippen LogP contribution >= 0.6 is 0 Å². The van der Waals surface area contributed by atoms with Crippen LogP contribution in [0.5, 0.6) is 0 Å². The van der Waals surface area contributed by atoms with Gasteiger partial charge in [0.2, 0.25) is 0 Å². The average molecular weight is 472 g/mol. The van der Waals surface area contributed by atoms with Crippen molar-refractivity contribution in [1.82, 2.24) is 13.7 Å². The van der Waals surface area contributed by atoms with Crippen molar-refractivity contribution >= 4 is 28.3 Å². The van der Waals surface area contributed by atoms with Crippen LogP contribution in [-0.4, -0.2) is 25.3 Å². The van der Waals surface area contributed by atoms with Crippen molar-refractivity contribution in [1.29, 1.82) is 0 Å². The molecule has 2 aromatic heterocycles. The average Bonchev–Trinajstić information content (AvgIpc) is 3.20. The van der Waals surface area contributed by atoms with Gasteiger partial charge in [-0.1, -0.05) is 60.7 Å². The van der Waals surface area contributed by atoms with Gasteiger partial charge in [-0.15, -0.1) is 0 Å². The van der Waals surface area contributed by atoms with E-state index in [4.69, 9.17) is 9.90 Å². The number of nitrogens with zero attached hydrogens (tertiary/aromatic N) is 3. The smallest absolute Gasteiger partial charge is 0.331 e. The van der Waals surface area contributed by atoms with Crippen molar-refractivity contribution in [2.45, 2.75) is 26.9 Å². The molecule has 0 saturated carbocycles. The van der Waals surface area contributed by atoms with Crippen molar-refractivity contribution in [3.05, 3.63) is 117 Å². The van der Waals surface area contributed by atoms with Crippen LogP contribution in [0.15, 0.2) is 94.6 Å². The van der Waals surface area contributed by atoms with Gasteiger partial charge in [0.1, 0.15) is 0 Å². The lowest BCUT2D eigenvalue weighted by molar-refractivity contribution is -0.122. The second-order valence-electron chi connectivity index (χ2n) is 7.93. The Labute approximate surface area is 203 Å². The first kappa shape index (κ1) is 25.2. The third-order valence-corrected chi connectivity index (χ3v) is 5.74. The zero-order chi connectivity index (χ0) is 25.4. The molecule has 3 aromatic carbocycles. The van der Waals surface area contributed by atoms with Crippen LogP contribution in [0.1, 0.15) is 18.1 Å². The zero-order valence-electron chi connectivity index (χ0n) is 20.1. The molecule has 0 atom stereocenters. The standard InChI is InChI=1S/C21H21N3O2.C6H6.CH2O2/c1-4-23-20(25)16-9-5-6-10-17(16)24(21(23)26)13-15-12-22(3)18-11-7-8-14(2)19(15)18;1-2-4-6-5-3-1;2-1-3/h5-12H,4,13H2,1-3H3;1-6H;1H,(H,2,3). The summed E-state index contributed by atoms with van der Waals surface area (Å²) in [6.45, 7) is 4.45. The third kappa shape index (κ3) is 5.41. The van der Waals surface area contributed by atoms with Gasteiger partial charge in [-0.3, -0.25) is 18.7 Å². The number of aryl methyl sites for hydroxylation is 2. The molecule has 0 spiro atoms. The highest BCUT2D eigenvalue weighted by Gasteiger charge is 2.15. The first-order valence-electron chi connectivity index (χ1n) is 11.3. The molecule has 180 valence electrons. The highest BCUT2D eigenvalue weighted by molar-refractivity contribution is 5.87. The van der Waals surface area contributed by atoms with Gasteiger partial charge in [0.25, 0.3) is 12.0 Å². The Bertz CT molecular complexity index is 1520. The molecule has 2 heterocycles. The van der Waals surface area contributed by atoms with E-state index in [9.17, 15) is 9.59 Å². The van der Waals surface area contributed by atoms with Crippen LogP contribution in [0.3, 0.4) is 0 Å². The van der Waals surface area contributed by atoms with Gasteiger partial charge in [0.05, 0.1) is 17.4 Å². The SMILES string of the molecule is CCn1c(=O)c2ccccc2n(Cc2cn(C)c3cccc(C)c23)c1=O.O=CO.c1ccccc1. The lowest BCUT2D eigenvalue weighted by atomic mass is 10.1. The summed E-state index contributed by atoms with van der Waals surface area (Å²) < 4.78 is 5.10. The largest absolute Gasteiger partial charge is 0.483 e. The molecule has 0 bridgehead atoms. The highest BCUT2D eigenvalue weighted by atomic mass is 16.3. The molecule has 0 radical (unpaired) electrons. The summed E-state index contributed by atoms with van der Waals surface area (Å²) in [4.78, 5) is 33.9. The van der Waals surface area contributed by atoms with Crippen molar-refractivity contribution in [2.75, 3.05) is 0 Å². The van der Waals surface area contributed by atoms with E-state index in [0.29, 0.717) is 24.0 Å². The monoisotopic (exact) mass is 471 g/mol. The van der Waals surface area contributed by atoms with Gasteiger partial charge < -0.3 is 9.67 Å². The highest BCUT2D eigenvalue weighted by Crippen LogP contribution is 2.25. The van der Waals surface area contributed by atoms with Crippen LogP contribution in [0, 0.1) is 6.92 Å². The van der Waals surface area contributed by atoms with Gasteiger partial charge in [0.15, 0.2) is 0 Å². The molecule has 7 heteroatoms. The molecular formula is C28H29N3O4. The summed E-state index contributed by atoms with van der Waals surface area (Å²) in [5, 5.41) is 8.63. The van der Waals surface area contributed by atoms with Gasteiger partial charge >= 0.3 is 5.69 Å². The van der Waals surface area contributed by atoms with E-state index in [0.717, 1.165) is 11.1 Å². The Morgan fingerprint density at radius 3 is 2.00 bits per heavy atom. The van der Waals surface area contributed by atoms with E-state index < -0.39 is 0 Å². The predicted octanol–water partition coefficient (Wildman–Crippen LogP) is 4.42. The topological polar surface area (TPSA) is 86.2 Å². The molecule has 0 amide bonds. The number of fused-ring (bicyclic) bond motifs is 2. The number of hydrogen-bond donors (Lipinski definition) is 1. The summed E-state index contributed by atoms with van der Waals surface area (Å²) in [6, 6.07) is 25.5. The fourth-order valence-electron chi connectivity index (χ4n) is 4.21. The maximum Gasteiger partial charge on any atom is 0.331 e. The lowest BCUT2D eigenvalue weighted by Gasteiger charge is -2.13. The van der Waals surface area contributed by atoms with E-state index in [2.05, 4.69) is 29.8 Å². The zero-order valence-corrected chi connectivity index (χ0v) is 20.1. The molecule has 0 fully saturated rings. The Balaban J connectivity index is 0.000000323. The number of para-hydroxylation sites is 1. The number of aromatic nitrogens is 3. The number of benzene rings is 3. The van der Waals surface area contributed by atoms with E-state index in [1.54, 1.807) is 10.6 Å². The Morgan fingerprint density at radius 2 is 1.40 bits per heavy atom. The van der Waals surface area contributed by atoms with Crippen LogP contribution < -0.4 is 11.2 Å². The predicted molar refractivity (Wildman–Crippen MR) is 140 cm³/mol. The summed E-state index contributed by atoms with van der Waals surface area (Å²) in [5.41, 5.74) is 3.59. The molecule has 7 nitrogen and oxygen atoms in total. The molecule has 0 saturated heterocycles. The molecule has 5 rings (SSSR count). The van der Waals surface area contributed by atoms with E-state index in [-0.39, 0.29) is 17.7 Å². The summed E-state index contributed by atoms with van der Waals surface area (Å²) in [6.07, 6.45) is 2.07. The van der Waals surface area contributed by atoms with E-state index in [1.165, 1.54) is 15.5 Å². The van der Waals surface area contributed by atoms with E-state index in [1.807, 2.05) is 74.6 Å². The number of carboxylic acid groups (broad SMARTS) is 1. The van der Waals surface area contributed by atoms with Gasteiger partial charge in [-0.25, -0.2) is 4.79 Å². The first-order valence-corrected chi connectivity index (χ1v) is 11.3. The Morgan fingerprint density at radius 1 is 0.829 bits per heavy atom. The number of hydrogen-bond acceptors (Lipinski definition) is 3. The van der Waals surface area contributed by atoms with Gasteiger partial charge in [-0.05, 0) is 43.2 Å². The second-order valence-corrected chi connectivity index (χ2v) is 7.93. The van der Waals surface area contributed by atoms with Crippen LogP contribution in [0.2, 0.25) is 0 Å². The van der Waals surface area contributed by atoms with Crippen LogP contribution in [0.4, 0.5) is 0 Å². The maximum absolute atomic E-state index is 13.0. The summed E-state index contributed by atoms with van der Waals surface area (Å²) >= 11 is 0. The number of rotatable bonds is 3. The molecule has 5 aromatic rings. The fourth-order valence-corrected chi connectivity index (χ4v) is 4.21. The van der Waals surface area contributed by atoms with Crippen molar-refractivity contribution in [3.8, 4) is 0 Å². The minimum atomic E-state index is -0.262. The summed E-state index contributed by atoms with van der Waals surface area (Å²) in [7, 11) is 2.01. The van der Waals surface area contributed by atoms with Gasteiger partial charge in [0, 0.05) is 30.7 Å². The maximum atomic E-state index is 13.0. The molecule has 0 aliphatic heterocycles. The number of carbonyl (C=O) groups is 1. The third-order valence-electron chi connectivity index (χ3n) is 5.74. The van der Waals surface area contributed by atoms with Crippen LogP contribution in [0.25, 0.3) is 21.8 Å². The van der Waals surface area contributed by atoms with Crippen molar-refractivity contribution in [3.63, 3.8) is 0 Å². The molecule has 35 heavy (non-hydrogen) atoms.